The summed E-state index contributed by atoms with van der Waals surface area (Å²) >= 11 is 0. The Balaban J connectivity index is 4.69. The summed E-state index contributed by atoms with van der Waals surface area (Å²) in [6.07, 6.45) is 51.4. The number of nitrogens with one attached hydrogen (secondary N) is 1. The van der Waals surface area contributed by atoms with E-state index in [1.54, 1.807) is 0 Å². The van der Waals surface area contributed by atoms with Crippen molar-refractivity contribution in [3.8, 4) is 0 Å². The van der Waals surface area contributed by atoms with Crippen LogP contribution in [0.15, 0.2) is 60.8 Å². The molecule has 1 amide bonds. The normalized spacial score (nSPS) is 13.9. The van der Waals surface area contributed by atoms with Crippen LogP contribution in [0.1, 0.15) is 213 Å². The maximum atomic E-state index is 13.1. The van der Waals surface area contributed by atoms with Crippen molar-refractivity contribution in [3.63, 3.8) is 0 Å². The van der Waals surface area contributed by atoms with Gasteiger partial charge in [-0.1, -0.05) is 223 Å². The third-order valence-corrected chi connectivity index (χ3v) is 10.2. The number of esters is 1. The predicted octanol–water partition coefficient (Wildman–Crippen LogP) is 13.3. The van der Waals surface area contributed by atoms with E-state index in [2.05, 4.69) is 32.2 Å². The molecule has 318 valence electrons. The smallest absolute Gasteiger partial charge is 0.306 e. The van der Waals surface area contributed by atoms with E-state index in [9.17, 15) is 19.8 Å². The number of carbonyl (C=O) groups is 2. The van der Waals surface area contributed by atoms with Crippen LogP contribution in [0.25, 0.3) is 0 Å². The van der Waals surface area contributed by atoms with Crippen molar-refractivity contribution in [3.05, 3.63) is 60.8 Å². The van der Waals surface area contributed by atoms with Crippen LogP contribution < -0.4 is 5.32 Å². The van der Waals surface area contributed by atoms with Crippen molar-refractivity contribution in [1.82, 2.24) is 5.32 Å². The minimum absolute atomic E-state index is 0.0492. The Kier molecular flexibility index (Phi) is 40.8. The van der Waals surface area contributed by atoms with Gasteiger partial charge in [0.15, 0.2) is 0 Å². The van der Waals surface area contributed by atoms with Crippen LogP contribution in [-0.2, 0) is 14.3 Å². The average molecular weight is 770 g/mol. The lowest BCUT2D eigenvalue weighted by atomic mass is 10.0. The molecule has 0 spiro atoms. The summed E-state index contributed by atoms with van der Waals surface area (Å²) in [4.78, 5) is 25.9. The first-order chi connectivity index (χ1) is 27.0. The third kappa shape index (κ3) is 38.2. The van der Waals surface area contributed by atoms with E-state index in [0.29, 0.717) is 25.7 Å². The second-order valence-electron chi connectivity index (χ2n) is 15.6. The van der Waals surface area contributed by atoms with Gasteiger partial charge < -0.3 is 20.3 Å². The van der Waals surface area contributed by atoms with Crippen LogP contribution in [0.5, 0.6) is 0 Å². The van der Waals surface area contributed by atoms with Crippen molar-refractivity contribution in [1.29, 1.82) is 0 Å². The van der Waals surface area contributed by atoms with Gasteiger partial charge in [0.05, 0.1) is 25.2 Å². The van der Waals surface area contributed by atoms with E-state index in [4.69, 9.17) is 4.74 Å². The number of carbonyl (C=O) groups excluding carboxylic acids is 2. The predicted molar refractivity (Wildman–Crippen MR) is 236 cm³/mol. The van der Waals surface area contributed by atoms with Crippen LogP contribution in [0, 0.1) is 0 Å². The Morgan fingerprint density at radius 1 is 0.545 bits per heavy atom. The molecular weight excluding hydrogens is 683 g/mol. The number of unbranched alkanes of at least 4 members (excludes halogenated alkanes) is 22. The van der Waals surface area contributed by atoms with Gasteiger partial charge in [0.25, 0.3) is 0 Å². The molecular formula is C49H87NO5. The Hall–Kier alpha value is -2.44. The Labute approximate surface area is 339 Å². The SMILES string of the molecule is CC/C=C/C=C/C=C\C=C/C=C/CCCC(=O)OC(CCCCCCCCCCCCC)CC(=O)NC(CO)C(O)CCCCCCCCCCCCCC. The minimum Gasteiger partial charge on any atom is -0.462 e. The van der Waals surface area contributed by atoms with E-state index >= 15 is 0 Å². The van der Waals surface area contributed by atoms with Crippen LogP contribution in [-0.4, -0.2) is 46.9 Å². The summed E-state index contributed by atoms with van der Waals surface area (Å²) in [6, 6.07) is -0.714. The number of rotatable bonds is 40. The first-order valence-corrected chi connectivity index (χ1v) is 23.1. The maximum absolute atomic E-state index is 13.1. The van der Waals surface area contributed by atoms with E-state index in [1.165, 1.54) is 109 Å². The first kappa shape index (κ1) is 52.6. The molecule has 0 rings (SSSR count). The van der Waals surface area contributed by atoms with Crippen LogP contribution in [0.2, 0.25) is 0 Å². The molecule has 0 aromatic heterocycles. The lowest BCUT2D eigenvalue weighted by Crippen LogP contribution is -2.46. The molecule has 0 aliphatic rings. The number of aliphatic hydroxyl groups is 2. The van der Waals surface area contributed by atoms with Crippen molar-refractivity contribution in [2.24, 2.45) is 0 Å². The number of hydrogen-bond acceptors (Lipinski definition) is 5. The second kappa shape index (κ2) is 42.7. The summed E-state index contributed by atoms with van der Waals surface area (Å²) in [6.45, 7) is 6.30. The lowest BCUT2D eigenvalue weighted by molar-refractivity contribution is -0.151. The van der Waals surface area contributed by atoms with Gasteiger partial charge in [-0.15, -0.1) is 0 Å². The fraction of sp³-hybridized carbons (Fsp3) is 0.755. The third-order valence-electron chi connectivity index (χ3n) is 10.2. The van der Waals surface area contributed by atoms with Gasteiger partial charge in [0, 0.05) is 6.42 Å². The summed E-state index contributed by atoms with van der Waals surface area (Å²) in [5.74, 6) is -0.562. The Bertz CT molecular complexity index is 999. The molecule has 0 bridgehead atoms. The fourth-order valence-electron chi connectivity index (χ4n) is 6.75. The molecule has 3 N–H and O–H groups in total. The van der Waals surface area contributed by atoms with Gasteiger partial charge in [-0.25, -0.2) is 0 Å². The number of amides is 1. The quantitative estimate of drug-likeness (QED) is 0.0328. The average Bonchev–Trinajstić information content (AvgIpc) is 3.18. The molecule has 0 saturated carbocycles. The molecule has 0 aromatic rings. The topological polar surface area (TPSA) is 95.9 Å². The van der Waals surface area contributed by atoms with E-state index in [0.717, 1.165) is 51.4 Å². The minimum atomic E-state index is -0.798. The second-order valence-corrected chi connectivity index (χ2v) is 15.6. The molecule has 55 heavy (non-hydrogen) atoms. The molecule has 3 atom stereocenters. The number of aliphatic hydroxyl groups excluding tert-OH is 2. The number of hydrogen-bond donors (Lipinski definition) is 3. The molecule has 3 unspecified atom stereocenters. The molecule has 0 aromatic carbocycles. The Morgan fingerprint density at radius 3 is 1.42 bits per heavy atom. The van der Waals surface area contributed by atoms with Gasteiger partial charge in [-0.2, -0.15) is 0 Å². The monoisotopic (exact) mass is 770 g/mol. The van der Waals surface area contributed by atoms with Gasteiger partial charge >= 0.3 is 5.97 Å². The van der Waals surface area contributed by atoms with E-state index in [-0.39, 0.29) is 24.9 Å². The highest BCUT2D eigenvalue weighted by molar-refractivity contribution is 5.77. The molecule has 0 saturated heterocycles. The molecule has 6 heteroatoms. The fourth-order valence-corrected chi connectivity index (χ4v) is 6.75. The van der Waals surface area contributed by atoms with Crippen molar-refractivity contribution < 1.29 is 24.5 Å². The van der Waals surface area contributed by atoms with Gasteiger partial charge in [0.2, 0.25) is 5.91 Å². The zero-order valence-electron chi connectivity index (χ0n) is 36.0. The first-order valence-electron chi connectivity index (χ1n) is 23.1. The molecule has 6 nitrogen and oxygen atoms in total. The highest BCUT2D eigenvalue weighted by atomic mass is 16.5. The number of allylic oxidation sites excluding steroid dienone is 10. The van der Waals surface area contributed by atoms with E-state index < -0.39 is 18.2 Å². The van der Waals surface area contributed by atoms with Gasteiger partial charge in [-0.3, -0.25) is 9.59 Å². The van der Waals surface area contributed by atoms with Crippen LogP contribution in [0.3, 0.4) is 0 Å². The zero-order chi connectivity index (χ0) is 40.3. The standard InChI is InChI=1S/C49H87NO5/c1-4-7-10-13-16-19-22-24-27-30-33-36-39-42-49(54)55-45(40-37-34-31-28-25-21-18-15-12-9-6-3)43-48(53)50-46(44-51)47(52)41-38-35-32-29-26-23-20-17-14-11-8-5-2/h7,10,13,16,19,22,24,27,30,33,45-47,51-52H,4-6,8-9,11-12,14-15,17-18,20-21,23,25-26,28-29,31-32,34-44H2,1-3H3,(H,50,53)/b10-7+,16-13+,22-19-,27-24-,33-30+. The van der Waals surface area contributed by atoms with Gasteiger partial charge in [-0.05, 0) is 38.5 Å². The van der Waals surface area contributed by atoms with Crippen LogP contribution in [0.4, 0.5) is 0 Å². The maximum Gasteiger partial charge on any atom is 0.306 e. The molecule has 0 fully saturated rings. The molecule has 0 heterocycles. The highest BCUT2D eigenvalue weighted by Crippen LogP contribution is 2.17. The number of ether oxygens (including phenoxy) is 1. The van der Waals surface area contributed by atoms with Gasteiger partial charge in [0.1, 0.15) is 6.10 Å². The summed E-state index contributed by atoms with van der Waals surface area (Å²) in [5, 5.41) is 23.6. The summed E-state index contributed by atoms with van der Waals surface area (Å²) < 4.78 is 5.86. The molecule has 0 radical (unpaired) electrons. The van der Waals surface area contributed by atoms with Crippen molar-refractivity contribution in [2.75, 3.05) is 6.61 Å². The lowest BCUT2D eigenvalue weighted by Gasteiger charge is -2.24. The van der Waals surface area contributed by atoms with Crippen LogP contribution >= 0.6 is 0 Å². The van der Waals surface area contributed by atoms with E-state index in [1.807, 2.05) is 54.7 Å². The Morgan fingerprint density at radius 2 is 0.964 bits per heavy atom. The molecule has 0 aliphatic heterocycles. The zero-order valence-corrected chi connectivity index (χ0v) is 36.0. The highest BCUT2D eigenvalue weighted by Gasteiger charge is 2.24. The molecule has 0 aliphatic carbocycles. The summed E-state index contributed by atoms with van der Waals surface area (Å²) in [5.41, 5.74) is 0. The summed E-state index contributed by atoms with van der Waals surface area (Å²) in [7, 11) is 0. The largest absolute Gasteiger partial charge is 0.462 e. The van der Waals surface area contributed by atoms with Crippen molar-refractivity contribution >= 4 is 11.9 Å². The van der Waals surface area contributed by atoms with Crippen molar-refractivity contribution in [2.45, 2.75) is 232 Å².